The van der Waals surface area contributed by atoms with Gasteiger partial charge in [-0.1, -0.05) is 28.1 Å². The number of benzene rings is 3. The number of carbonyl (C=O) groups excluding carboxylic acids is 2. The molecule has 0 aliphatic rings. The third-order valence-electron chi connectivity index (χ3n) is 4.48. The minimum atomic E-state index is -0.672. The van der Waals surface area contributed by atoms with Gasteiger partial charge in [-0.15, -0.1) is 0 Å². The lowest BCUT2D eigenvalue weighted by atomic mass is 10.1. The zero-order valence-corrected chi connectivity index (χ0v) is 19.6. The molecule has 2 N–H and O–H groups in total. The van der Waals surface area contributed by atoms with E-state index in [2.05, 4.69) is 26.6 Å². The van der Waals surface area contributed by atoms with Crippen LogP contribution in [0.25, 0.3) is 6.08 Å². The number of nitriles is 1. The van der Waals surface area contributed by atoms with Crippen molar-refractivity contribution in [1.29, 1.82) is 5.26 Å². The van der Waals surface area contributed by atoms with E-state index in [0.717, 1.165) is 0 Å². The third-order valence-corrected chi connectivity index (χ3v) is 4.97. The highest BCUT2D eigenvalue weighted by atomic mass is 79.9. The van der Waals surface area contributed by atoms with Crippen molar-refractivity contribution in [3.63, 3.8) is 0 Å². The van der Waals surface area contributed by atoms with Gasteiger partial charge in [-0.25, -0.2) is 4.39 Å². The summed E-state index contributed by atoms with van der Waals surface area (Å²) in [5, 5.41) is 14.7. The Kier molecular flexibility index (Phi) is 8.37. The number of carbonyl (C=O) groups is 2. The van der Waals surface area contributed by atoms with E-state index in [1.54, 1.807) is 42.5 Å². The molecule has 0 unspecified atom stereocenters. The SMILES string of the molecule is COc1ccccc1NC(=O)COc1ccc(Br)cc1/C=C(\C#N)C(=O)Nc1ccc(F)cc1. The number of methoxy groups -OCH3 is 1. The Morgan fingerprint density at radius 1 is 1.06 bits per heavy atom. The second-order valence-electron chi connectivity index (χ2n) is 6.85. The average Bonchev–Trinajstić information content (AvgIpc) is 2.83. The summed E-state index contributed by atoms with van der Waals surface area (Å²) in [7, 11) is 1.50. The lowest BCUT2D eigenvalue weighted by Gasteiger charge is -2.12. The third kappa shape index (κ3) is 6.67. The fraction of sp³-hybridized carbons (Fsp3) is 0.0800. The number of ether oxygens (including phenoxy) is 2. The lowest BCUT2D eigenvalue weighted by Crippen LogP contribution is -2.20. The van der Waals surface area contributed by atoms with Gasteiger partial charge in [0.2, 0.25) is 0 Å². The molecule has 0 heterocycles. The Hall–Kier alpha value is -4.16. The Morgan fingerprint density at radius 2 is 1.79 bits per heavy atom. The molecule has 0 aliphatic carbocycles. The molecule has 3 aromatic rings. The van der Waals surface area contributed by atoms with Crippen molar-refractivity contribution in [3.05, 3.63) is 88.2 Å². The fourth-order valence-corrected chi connectivity index (χ4v) is 3.26. The van der Waals surface area contributed by atoms with E-state index in [1.807, 2.05) is 6.07 Å². The Balaban J connectivity index is 1.74. The molecule has 7 nitrogen and oxygen atoms in total. The maximum Gasteiger partial charge on any atom is 0.266 e. The standard InChI is InChI=1S/C25H19BrFN3O4/c1-33-23-5-3-2-4-21(23)30-24(31)15-34-22-11-6-18(26)13-16(22)12-17(14-28)25(32)29-20-9-7-19(27)8-10-20/h2-13H,15H2,1H3,(H,29,32)(H,30,31)/b17-12+. The topological polar surface area (TPSA) is 100 Å². The van der Waals surface area contributed by atoms with Crippen molar-refractivity contribution in [2.45, 2.75) is 0 Å². The Bertz CT molecular complexity index is 1270. The molecule has 172 valence electrons. The summed E-state index contributed by atoms with van der Waals surface area (Å²) in [5.41, 5.74) is 1.04. The molecule has 2 amide bonds. The van der Waals surface area contributed by atoms with Crippen LogP contribution in [0, 0.1) is 17.1 Å². The molecule has 0 spiro atoms. The number of hydrogen-bond donors (Lipinski definition) is 2. The quantitative estimate of drug-likeness (QED) is 0.313. The number of halogens is 2. The molecule has 0 fully saturated rings. The van der Waals surface area contributed by atoms with Gasteiger partial charge in [0.25, 0.3) is 11.8 Å². The number of hydrogen-bond acceptors (Lipinski definition) is 5. The molecule has 0 aromatic heterocycles. The van der Waals surface area contributed by atoms with Gasteiger partial charge >= 0.3 is 0 Å². The number of amides is 2. The first-order valence-corrected chi connectivity index (χ1v) is 10.7. The number of para-hydroxylation sites is 2. The normalized spacial score (nSPS) is 10.7. The molecule has 34 heavy (non-hydrogen) atoms. The van der Waals surface area contributed by atoms with E-state index in [0.29, 0.717) is 32.9 Å². The smallest absolute Gasteiger partial charge is 0.266 e. The summed E-state index contributed by atoms with van der Waals surface area (Å²) in [6, 6.07) is 18.9. The van der Waals surface area contributed by atoms with Crippen molar-refractivity contribution < 1.29 is 23.5 Å². The van der Waals surface area contributed by atoms with Crippen molar-refractivity contribution >= 4 is 45.2 Å². The Labute approximate surface area is 203 Å². The van der Waals surface area contributed by atoms with Crippen molar-refractivity contribution in [2.75, 3.05) is 24.4 Å². The average molecular weight is 524 g/mol. The van der Waals surface area contributed by atoms with Crippen molar-refractivity contribution in [3.8, 4) is 17.6 Å². The van der Waals surface area contributed by atoms with E-state index in [1.165, 1.54) is 37.5 Å². The van der Waals surface area contributed by atoms with Gasteiger partial charge in [0.1, 0.15) is 29.0 Å². The zero-order valence-electron chi connectivity index (χ0n) is 18.0. The molecule has 9 heteroatoms. The molecule has 3 aromatic carbocycles. The lowest BCUT2D eigenvalue weighted by molar-refractivity contribution is -0.118. The predicted molar refractivity (Wildman–Crippen MR) is 130 cm³/mol. The zero-order chi connectivity index (χ0) is 24.5. The van der Waals surface area contributed by atoms with Gasteiger partial charge in [0.05, 0.1) is 12.8 Å². The molecule has 3 rings (SSSR count). The molecule has 0 aliphatic heterocycles. The number of rotatable bonds is 8. The molecule has 0 radical (unpaired) electrons. The molecular weight excluding hydrogens is 505 g/mol. The summed E-state index contributed by atoms with van der Waals surface area (Å²) in [6.45, 7) is -0.315. The summed E-state index contributed by atoms with van der Waals surface area (Å²) in [4.78, 5) is 24.9. The highest BCUT2D eigenvalue weighted by Gasteiger charge is 2.14. The van der Waals surface area contributed by atoms with Crippen LogP contribution in [-0.2, 0) is 9.59 Å². The second-order valence-corrected chi connectivity index (χ2v) is 7.77. The molecule has 0 bridgehead atoms. The minimum Gasteiger partial charge on any atom is -0.495 e. The molecule has 0 saturated heterocycles. The van der Waals surface area contributed by atoms with Gasteiger partial charge in [-0.3, -0.25) is 9.59 Å². The monoisotopic (exact) mass is 523 g/mol. The first kappa shape index (κ1) is 24.5. The highest BCUT2D eigenvalue weighted by Crippen LogP contribution is 2.27. The Morgan fingerprint density at radius 3 is 2.50 bits per heavy atom. The highest BCUT2D eigenvalue weighted by molar-refractivity contribution is 9.10. The van der Waals surface area contributed by atoms with Crippen LogP contribution in [0.15, 0.2) is 76.8 Å². The van der Waals surface area contributed by atoms with Crippen LogP contribution in [0.3, 0.4) is 0 Å². The summed E-state index contributed by atoms with van der Waals surface area (Å²) < 4.78 is 24.6. The number of anilines is 2. The number of nitrogens with zero attached hydrogens (tertiary/aromatic N) is 1. The van der Waals surface area contributed by atoms with Crippen LogP contribution in [0.1, 0.15) is 5.56 Å². The van der Waals surface area contributed by atoms with Crippen LogP contribution < -0.4 is 20.1 Å². The molecular formula is C25H19BrFN3O4. The van der Waals surface area contributed by atoms with Crippen molar-refractivity contribution in [2.24, 2.45) is 0 Å². The van der Waals surface area contributed by atoms with Crippen LogP contribution >= 0.6 is 15.9 Å². The predicted octanol–water partition coefficient (Wildman–Crippen LogP) is 5.16. The van der Waals surface area contributed by atoms with Crippen molar-refractivity contribution in [1.82, 2.24) is 0 Å². The maximum atomic E-state index is 13.1. The van der Waals surface area contributed by atoms with E-state index in [4.69, 9.17) is 9.47 Å². The van der Waals surface area contributed by atoms with Gasteiger partial charge in [0.15, 0.2) is 6.61 Å². The second kappa shape index (κ2) is 11.6. The largest absolute Gasteiger partial charge is 0.495 e. The summed E-state index contributed by atoms with van der Waals surface area (Å²) in [6.07, 6.45) is 1.34. The van der Waals surface area contributed by atoms with Crippen LogP contribution in [0.5, 0.6) is 11.5 Å². The maximum absolute atomic E-state index is 13.1. The molecule has 0 atom stereocenters. The van der Waals surface area contributed by atoms with Crippen LogP contribution in [-0.4, -0.2) is 25.5 Å². The minimum absolute atomic E-state index is 0.203. The fourth-order valence-electron chi connectivity index (χ4n) is 2.88. The van der Waals surface area contributed by atoms with E-state index < -0.39 is 17.6 Å². The van der Waals surface area contributed by atoms with E-state index in [9.17, 15) is 19.2 Å². The van der Waals surface area contributed by atoms with Gasteiger partial charge in [-0.05, 0) is 60.7 Å². The van der Waals surface area contributed by atoms with Gasteiger partial charge < -0.3 is 20.1 Å². The van der Waals surface area contributed by atoms with E-state index >= 15 is 0 Å². The summed E-state index contributed by atoms with van der Waals surface area (Å²) >= 11 is 3.35. The first-order valence-electron chi connectivity index (χ1n) is 9.93. The first-order chi connectivity index (χ1) is 16.4. The number of nitrogens with one attached hydrogen (secondary N) is 2. The molecule has 0 saturated carbocycles. The van der Waals surface area contributed by atoms with Crippen LogP contribution in [0.4, 0.5) is 15.8 Å². The van der Waals surface area contributed by atoms with Gasteiger partial charge in [0, 0.05) is 15.7 Å². The van der Waals surface area contributed by atoms with E-state index in [-0.39, 0.29) is 12.2 Å². The van der Waals surface area contributed by atoms with Gasteiger partial charge in [-0.2, -0.15) is 5.26 Å². The summed E-state index contributed by atoms with van der Waals surface area (Å²) in [5.74, 6) is -0.736. The van der Waals surface area contributed by atoms with Crippen LogP contribution in [0.2, 0.25) is 0 Å².